The normalized spacial score (nSPS) is 14.2. The Balaban J connectivity index is 1.80. The van der Waals surface area contributed by atoms with Gasteiger partial charge in [-0.05, 0) is 54.4 Å². The van der Waals surface area contributed by atoms with Crippen LogP contribution in [0.25, 0.3) is 11.4 Å². The van der Waals surface area contributed by atoms with Crippen molar-refractivity contribution in [2.45, 2.75) is 78.5 Å². The van der Waals surface area contributed by atoms with Gasteiger partial charge < -0.3 is 29.9 Å². The molecule has 1 atom stereocenters. The van der Waals surface area contributed by atoms with Crippen LogP contribution in [0.3, 0.4) is 0 Å². The molecule has 2 aromatic rings. The third-order valence-corrected chi connectivity index (χ3v) is 6.44. The molecule has 0 spiro atoms. The first-order valence-corrected chi connectivity index (χ1v) is 14.8. The minimum Gasteiger partial charge on any atom is -0.460 e. The highest BCUT2D eigenvalue weighted by Crippen LogP contribution is 2.19. The van der Waals surface area contributed by atoms with Crippen molar-refractivity contribution in [2.75, 3.05) is 38.1 Å². The van der Waals surface area contributed by atoms with E-state index in [0.29, 0.717) is 44.2 Å². The number of nitrogens with zero attached hydrogens (tertiary/aromatic N) is 4. The predicted octanol–water partition coefficient (Wildman–Crippen LogP) is 3.88. The fourth-order valence-corrected chi connectivity index (χ4v) is 4.53. The van der Waals surface area contributed by atoms with Gasteiger partial charge in [-0.25, -0.2) is 14.8 Å². The summed E-state index contributed by atoms with van der Waals surface area (Å²) in [5.74, 6) is -0.344. The van der Waals surface area contributed by atoms with E-state index in [1.807, 2.05) is 44.2 Å². The molecule has 2 N–H and O–H groups in total. The van der Waals surface area contributed by atoms with Gasteiger partial charge in [-0.3, -0.25) is 14.4 Å². The van der Waals surface area contributed by atoms with Gasteiger partial charge in [0.05, 0.1) is 6.61 Å². The van der Waals surface area contributed by atoms with E-state index in [0.717, 1.165) is 5.56 Å². The third kappa shape index (κ3) is 10.5. The Morgan fingerprint density at radius 3 is 2.23 bits per heavy atom. The number of carbonyl (C=O) groups is 4. The zero-order chi connectivity index (χ0) is 31.6. The number of hydrogen-bond acceptors (Lipinski definition) is 9. The van der Waals surface area contributed by atoms with Gasteiger partial charge >= 0.3 is 12.1 Å². The monoisotopic (exact) mass is 596 g/mol. The van der Waals surface area contributed by atoms with Crippen molar-refractivity contribution in [3.8, 4) is 11.4 Å². The lowest BCUT2D eigenvalue weighted by Gasteiger charge is -2.36. The molecule has 0 radical (unpaired) electrons. The van der Waals surface area contributed by atoms with Crippen LogP contribution in [0.2, 0.25) is 0 Å². The lowest BCUT2D eigenvalue weighted by atomic mass is 10.1. The van der Waals surface area contributed by atoms with Crippen molar-refractivity contribution < 1.29 is 28.7 Å². The van der Waals surface area contributed by atoms with E-state index in [1.54, 1.807) is 43.6 Å². The maximum atomic E-state index is 13.7. The molecule has 3 amide bonds. The topological polar surface area (TPSA) is 143 Å². The number of esters is 1. The van der Waals surface area contributed by atoms with Crippen LogP contribution in [0, 0.1) is 0 Å². The van der Waals surface area contributed by atoms with E-state index in [1.165, 1.54) is 0 Å². The number of rotatable bonds is 11. The highest BCUT2D eigenvalue weighted by molar-refractivity contribution is 5.97. The zero-order valence-electron chi connectivity index (χ0n) is 26.0. The molecule has 1 aliphatic heterocycles. The van der Waals surface area contributed by atoms with Gasteiger partial charge in [0.25, 0.3) is 5.91 Å². The maximum Gasteiger partial charge on any atom is 0.409 e. The Bertz CT molecular complexity index is 1260. The fraction of sp³-hybridized carbons (Fsp3) is 0.548. The number of hydrogen-bond donors (Lipinski definition) is 2. The number of amides is 3. The summed E-state index contributed by atoms with van der Waals surface area (Å²) < 4.78 is 10.5. The Morgan fingerprint density at radius 2 is 1.63 bits per heavy atom. The quantitative estimate of drug-likeness (QED) is 0.370. The van der Waals surface area contributed by atoms with Crippen molar-refractivity contribution >= 4 is 29.7 Å². The molecule has 0 aliphatic carbocycles. The van der Waals surface area contributed by atoms with Crippen molar-refractivity contribution in [3.05, 3.63) is 42.1 Å². The van der Waals surface area contributed by atoms with Crippen molar-refractivity contribution in [3.63, 3.8) is 0 Å². The number of ether oxygens (including phenoxy) is 2. The lowest BCUT2D eigenvalue weighted by Crippen LogP contribution is -2.56. The van der Waals surface area contributed by atoms with Gasteiger partial charge in [-0.15, -0.1) is 0 Å². The summed E-state index contributed by atoms with van der Waals surface area (Å²) in [4.78, 5) is 64.0. The van der Waals surface area contributed by atoms with Crippen LogP contribution in [-0.2, 0) is 19.1 Å². The van der Waals surface area contributed by atoms with Crippen LogP contribution in [0.4, 0.5) is 10.6 Å². The van der Waals surface area contributed by atoms with Crippen LogP contribution in [0.15, 0.2) is 36.4 Å². The molecule has 1 fully saturated rings. The molecule has 43 heavy (non-hydrogen) atoms. The molecule has 234 valence electrons. The molecule has 1 saturated heterocycles. The highest BCUT2D eigenvalue weighted by Gasteiger charge is 2.31. The van der Waals surface area contributed by atoms with Crippen LogP contribution >= 0.6 is 0 Å². The van der Waals surface area contributed by atoms with E-state index in [9.17, 15) is 19.2 Å². The Labute approximate surface area is 253 Å². The minimum atomic E-state index is -0.916. The smallest absolute Gasteiger partial charge is 0.409 e. The van der Waals surface area contributed by atoms with Gasteiger partial charge in [0, 0.05) is 50.3 Å². The van der Waals surface area contributed by atoms with Crippen molar-refractivity contribution in [2.24, 2.45) is 0 Å². The minimum absolute atomic E-state index is 0.0601. The number of nitrogens with one attached hydrogen (secondary N) is 2. The van der Waals surface area contributed by atoms with E-state index >= 15 is 0 Å². The summed E-state index contributed by atoms with van der Waals surface area (Å²) in [6.07, 6.45) is 0.228. The molecule has 1 unspecified atom stereocenters. The fourth-order valence-electron chi connectivity index (χ4n) is 4.53. The van der Waals surface area contributed by atoms with Crippen LogP contribution in [-0.4, -0.2) is 94.1 Å². The second-order valence-corrected chi connectivity index (χ2v) is 11.6. The number of aromatic nitrogens is 2. The van der Waals surface area contributed by atoms with Gasteiger partial charge in [-0.1, -0.05) is 30.3 Å². The largest absolute Gasteiger partial charge is 0.460 e. The standard InChI is InChI=1S/C31H44N6O6/c1-7-42-30(41)37-18-16-36(17-19-37)29(40)23(14-11-15-26(38)43-31(4,5)6)34-28(39)24-20-25(32-21(2)3)35-27(33-24)22-12-9-8-10-13-22/h8-10,12-13,20-21,23H,7,11,14-19H2,1-6H3,(H,34,39)(H,32,33,35). The van der Waals surface area contributed by atoms with Gasteiger partial charge in [-0.2, -0.15) is 0 Å². The lowest BCUT2D eigenvalue weighted by molar-refractivity contribution is -0.155. The van der Waals surface area contributed by atoms with Crippen molar-refractivity contribution in [1.29, 1.82) is 0 Å². The first kappa shape index (κ1) is 33.3. The number of benzene rings is 1. The molecule has 0 saturated carbocycles. The molecule has 12 heteroatoms. The summed E-state index contributed by atoms with van der Waals surface area (Å²) in [5.41, 5.74) is 0.229. The molecule has 3 rings (SSSR count). The summed E-state index contributed by atoms with van der Waals surface area (Å²) in [7, 11) is 0. The van der Waals surface area contributed by atoms with Crippen LogP contribution < -0.4 is 10.6 Å². The Morgan fingerprint density at radius 1 is 0.977 bits per heavy atom. The van der Waals surface area contributed by atoms with Crippen LogP contribution in [0.1, 0.15) is 71.3 Å². The van der Waals surface area contributed by atoms with Gasteiger partial charge in [0.15, 0.2) is 5.82 Å². The second-order valence-electron chi connectivity index (χ2n) is 11.6. The highest BCUT2D eigenvalue weighted by atomic mass is 16.6. The summed E-state index contributed by atoms with van der Waals surface area (Å²) in [5, 5.41) is 6.09. The van der Waals surface area contributed by atoms with E-state index in [2.05, 4.69) is 20.6 Å². The molecule has 1 aliphatic rings. The number of piperazine rings is 1. The Hall–Kier alpha value is -4.22. The average molecular weight is 597 g/mol. The van der Waals surface area contributed by atoms with E-state index < -0.39 is 23.6 Å². The summed E-state index contributed by atoms with van der Waals surface area (Å²) in [6, 6.07) is 10.0. The first-order valence-electron chi connectivity index (χ1n) is 14.8. The summed E-state index contributed by atoms with van der Waals surface area (Å²) in [6.45, 7) is 12.5. The molecule has 1 aromatic heterocycles. The SMILES string of the molecule is CCOC(=O)N1CCN(C(=O)C(CCCC(=O)OC(C)(C)C)NC(=O)c2cc(NC(C)C)nc(-c3ccccc3)n2)CC1. The molecule has 1 aromatic carbocycles. The number of carbonyl (C=O) groups excluding carboxylic acids is 4. The molecule has 12 nitrogen and oxygen atoms in total. The maximum absolute atomic E-state index is 13.7. The molecule has 0 bridgehead atoms. The molecular weight excluding hydrogens is 552 g/mol. The third-order valence-electron chi connectivity index (χ3n) is 6.44. The summed E-state index contributed by atoms with van der Waals surface area (Å²) >= 11 is 0. The Kier molecular flexibility index (Phi) is 11.8. The van der Waals surface area contributed by atoms with E-state index in [4.69, 9.17) is 9.47 Å². The predicted molar refractivity (Wildman–Crippen MR) is 162 cm³/mol. The molecule has 2 heterocycles. The molecular formula is C31H44N6O6. The van der Waals surface area contributed by atoms with Crippen LogP contribution in [0.5, 0.6) is 0 Å². The average Bonchev–Trinajstić information content (AvgIpc) is 2.95. The zero-order valence-corrected chi connectivity index (χ0v) is 26.0. The van der Waals surface area contributed by atoms with Crippen molar-refractivity contribution in [1.82, 2.24) is 25.1 Å². The second kappa shape index (κ2) is 15.3. The van der Waals surface area contributed by atoms with Gasteiger partial charge in [0.1, 0.15) is 23.2 Å². The number of anilines is 1. The van der Waals surface area contributed by atoms with Gasteiger partial charge in [0.2, 0.25) is 5.91 Å². The first-order chi connectivity index (χ1) is 20.4. The van der Waals surface area contributed by atoms with E-state index in [-0.39, 0.29) is 43.1 Å².